The third-order valence-electron chi connectivity index (χ3n) is 6.51. The van der Waals surface area contributed by atoms with Crippen molar-refractivity contribution in [1.82, 2.24) is 20.3 Å². The molecule has 3 atom stereocenters. The number of likely N-dealkylation sites (tertiary alicyclic amines) is 1. The zero-order valence-electron chi connectivity index (χ0n) is 19.0. The Morgan fingerprint density at radius 1 is 1.06 bits per heavy atom. The van der Waals surface area contributed by atoms with Crippen LogP contribution in [0, 0.1) is 0 Å². The van der Waals surface area contributed by atoms with Crippen LogP contribution in [0.3, 0.4) is 0 Å². The van der Waals surface area contributed by atoms with Crippen LogP contribution >= 0.6 is 0 Å². The second kappa shape index (κ2) is 8.58. The van der Waals surface area contributed by atoms with E-state index in [0.717, 1.165) is 28.9 Å². The molecule has 5 rings (SSSR count). The van der Waals surface area contributed by atoms with Crippen LogP contribution in [-0.4, -0.2) is 46.1 Å². The second-order valence-electron chi connectivity index (χ2n) is 8.79. The summed E-state index contributed by atoms with van der Waals surface area (Å²) in [5, 5.41) is 1.56. The van der Waals surface area contributed by atoms with Crippen LogP contribution < -0.4 is 26.6 Å². The number of hydrogen-bond acceptors (Lipinski definition) is 9. The molecule has 0 spiro atoms. The fourth-order valence-electron chi connectivity index (χ4n) is 4.61. The van der Waals surface area contributed by atoms with Gasteiger partial charge in [-0.15, -0.1) is 0 Å². The molecule has 33 heavy (non-hydrogen) atoms. The number of nitrogens with zero attached hydrogens (tertiary/aromatic N) is 5. The highest BCUT2D eigenvalue weighted by atomic mass is 16.5. The number of ether oxygens (including phenoxy) is 1. The molecule has 3 heterocycles. The lowest BCUT2D eigenvalue weighted by Crippen LogP contribution is -2.53. The first-order chi connectivity index (χ1) is 15.9. The fourth-order valence-corrected chi connectivity index (χ4v) is 4.61. The number of rotatable bonds is 6. The second-order valence-corrected chi connectivity index (χ2v) is 8.79. The van der Waals surface area contributed by atoms with Crippen molar-refractivity contribution < 1.29 is 4.74 Å². The molecule has 0 bridgehead atoms. The molecule has 0 radical (unpaired) electrons. The minimum atomic E-state index is -1.21. The quantitative estimate of drug-likeness (QED) is 0.528. The Balaban J connectivity index is 1.25. The summed E-state index contributed by atoms with van der Waals surface area (Å²) >= 11 is 0. The molecule has 5 N–H and O–H groups in total. The van der Waals surface area contributed by atoms with Crippen LogP contribution in [0.5, 0.6) is 5.75 Å². The van der Waals surface area contributed by atoms with Crippen molar-refractivity contribution in [1.29, 1.82) is 0 Å². The molecule has 2 aliphatic heterocycles. The average molecular weight is 447 g/mol. The van der Waals surface area contributed by atoms with E-state index in [9.17, 15) is 0 Å². The fraction of sp³-hybridized carbons (Fsp3) is 0.375. The van der Waals surface area contributed by atoms with Gasteiger partial charge in [0.05, 0.1) is 17.2 Å². The lowest BCUT2D eigenvalue weighted by Gasteiger charge is -2.26. The molecule has 1 aromatic heterocycles. The maximum Gasteiger partial charge on any atom is 0.215 e. The Morgan fingerprint density at radius 2 is 1.76 bits per heavy atom. The molecule has 3 unspecified atom stereocenters. The van der Waals surface area contributed by atoms with Crippen molar-refractivity contribution in [2.24, 2.45) is 16.5 Å². The number of hydrazine groups is 1. The summed E-state index contributed by atoms with van der Waals surface area (Å²) < 4.78 is 5.98. The molecule has 9 nitrogen and oxygen atoms in total. The third kappa shape index (κ3) is 4.22. The highest BCUT2D eigenvalue weighted by Crippen LogP contribution is 2.27. The molecule has 3 aromatic rings. The predicted octanol–water partition coefficient (Wildman–Crippen LogP) is 2.29. The monoisotopic (exact) mass is 446 g/mol. The Labute approximate surface area is 193 Å². The maximum atomic E-state index is 6.56. The number of nitrogens with two attached hydrogens (primary N) is 2. The molecule has 1 saturated heterocycles. The first kappa shape index (κ1) is 21.6. The van der Waals surface area contributed by atoms with Crippen molar-refractivity contribution in [3.05, 3.63) is 60.3 Å². The average Bonchev–Trinajstić information content (AvgIpc) is 3.32. The van der Waals surface area contributed by atoms with E-state index in [1.807, 2.05) is 48.5 Å². The van der Waals surface area contributed by atoms with Crippen molar-refractivity contribution in [3.63, 3.8) is 0 Å². The Bertz CT molecular complexity index is 1160. The smallest absolute Gasteiger partial charge is 0.215 e. The highest BCUT2D eigenvalue weighted by molar-refractivity contribution is 5.95. The Morgan fingerprint density at radius 3 is 2.48 bits per heavy atom. The number of fused-ring (bicyclic) bond motifs is 1. The number of hydrogen-bond donors (Lipinski definition) is 3. The first-order valence-corrected chi connectivity index (χ1v) is 11.4. The molecule has 2 aromatic carbocycles. The van der Waals surface area contributed by atoms with Gasteiger partial charge in [-0.2, -0.15) is 5.43 Å². The summed E-state index contributed by atoms with van der Waals surface area (Å²) in [6.07, 6.45) is 4.16. The van der Waals surface area contributed by atoms with Crippen molar-refractivity contribution >= 4 is 22.8 Å². The standard InChI is InChI=1S/C24H30N8O/c1-16-7-8-17(2)31(16)13-14-33-19-11-9-18(10-12-19)24(26)29-23(25)32(30-24)22-15-27-20-5-3-4-6-21(20)28-22/h3-6,9-12,15-17,30H,7-8,13-14,26H2,1-2H3,(H2,25,29). The van der Waals surface area contributed by atoms with Gasteiger partial charge in [-0.3, -0.25) is 15.6 Å². The third-order valence-corrected chi connectivity index (χ3v) is 6.51. The molecule has 172 valence electrons. The predicted molar refractivity (Wildman–Crippen MR) is 129 cm³/mol. The maximum absolute atomic E-state index is 6.56. The molecule has 0 aliphatic carbocycles. The van der Waals surface area contributed by atoms with Gasteiger partial charge in [-0.05, 0) is 51.0 Å². The van der Waals surface area contributed by atoms with Crippen molar-refractivity contribution in [2.45, 2.75) is 44.6 Å². The first-order valence-electron chi connectivity index (χ1n) is 11.4. The molecule has 2 aliphatic rings. The lowest BCUT2D eigenvalue weighted by molar-refractivity contribution is 0.170. The molecule has 1 fully saturated rings. The van der Waals surface area contributed by atoms with Gasteiger partial charge < -0.3 is 10.5 Å². The molecule has 0 saturated carbocycles. The van der Waals surface area contributed by atoms with E-state index in [4.69, 9.17) is 16.2 Å². The van der Waals surface area contributed by atoms with Gasteiger partial charge in [0.25, 0.3) is 0 Å². The van der Waals surface area contributed by atoms with E-state index < -0.39 is 5.79 Å². The van der Waals surface area contributed by atoms with Crippen LogP contribution in [0.15, 0.2) is 59.7 Å². The SMILES string of the molecule is CC1CCC(C)N1CCOc1ccc(C2(N)N=C(N)N(c3cnc4ccccc4n3)N2)cc1. The van der Waals surface area contributed by atoms with Gasteiger partial charge in [0, 0.05) is 24.2 Å². The summed E-state index contributed by atoms with van der Waals surface area (Å²) in [7, 11) is 0. The topological polar surface area (TPSA) is 118 Å². The number of aliphatic imine (C=N–C) groups is 1. The van der Waals surface area contributed by atoms with Gasteiger partial charge in [-0.1, -0.05) is 24.3 Å². The van der Waals surface area contributed by atoms with Crippen molar-refractivity contribution in [2.75, 3.05) is 18.2 Å². The number of aromatic nitrogens is 2. The Hall–Kier alpha value is -3.27. The van der Waals surface area contributed by atoms with Gasteiger partial charge in [-0.25, -0.2) is 15.0 Å². The van der Waals surface area contributed by atoms with Crippen LogP contribution in [0.1, 0.15) is 32.3 Å². The van der Waals surface area contributed by atoms with Crippen molar-refractivity contribution in [3.8, 4) is 5.75 Å². The van der Waals surface area contributed by atoms with Gasteiger partial charge >= 0.3 is 0 Å². The molecular formula is C24H30N8O. The minimum absolute atomic E-state index is 0.219. The minimum Gasteiger partial charge on any atom is -0.492 e. The van der Waals surface area contributed by atoms with Crippen LogP contribution in [0.25, 0.3) is 11.0 Å². The summed E-state index contributed by atoms with van der Waals surface area (Å²) in [4.78, 5) is 16.0. The molecule has 9 heteroatoms. The number of para-hydroxylation sites is 2. The van der Waals surface area contributed by atoms with E-state index in [1.54, 1.807) is 11.2 Å². The molecular weight excluding hydrogens is 416 g/mol. The van der Waals surface area contributed by atoms with Gasteiger partial charge in [0.1, 0.15) is 12.4 Å². The van der Waals surface area contributed by atoms with Crippen LogP contribution in [-0.2, 0) is 5.79 Å². The van der Waals surface area contributed by atoms with E-state index in [1.165, 1.54) is 12.8 Å². The van der Waals surface area contributed by atoms with Crippen LogP contribution in [0.4, 0.5) is 5.82 Å². The summed E-state index contributed by atoms with van der Waals surface area (Å²) in [6, 6.07) is 16.5. The lowest BCUT2D eigenvalue weighted by atomic mass is 10.1. The van der Waals surface area contributed by atoms with Gasteiger partial charge in [0.15, 0.2) is 5.82 Å². The van der Waals surface area contributed by atoms with Crippen LogP contribution in [0.2, 0.25) is 0 Å². The van der Waals surface area contributed by atoms with E-state index in [-0.39, 0.29) is 5.96 Å². The number of nitrogens with one attached hydrogen (secondary N) is 1. The summed E-state index contributed by atoms with van der Waals surface area (Å²) in [5.41, 5.74) is 18.2. The zero-order valence-corrected chi connectivity index (χ0v) is 19.0. The van der Waals surface area contributed by atoms with Gasteiger partial charge in [0.2, 0.25) is 11.7 Å². The van der Waals surface area contributed by atoms with E-state index in [2.05, 4.69) is 39.1 Å². The van der Waals surface area contributed by atoms with E-state index >= 15 is 0 Å². The zero-order chi connectivity index (χ0) is 23.0. The number of benzene rings is 2. The largest absolute Gasteiger partial charge is 0.492 e. The highest BCUT2D eigenvalue weighted by Gasteiger charge is 2.37. The molecule has 0 amide bonds. The van der Waals surface area contributed by atoms with E-state index in [0.29, 0.717) is 24.5 Å². The normalized spacial score (nSPS) is 25.5. The summed E-state index contributed by atoms with van der Waals surface area (Å²) in [5.74, 6) is 0.328. The number of anilines is 1. The summed E-state index contributed by atoms with van der Waals surface area (Å²) in [6.45, 7) is 6.15. The number of guanidine groups is 1. The Kier molecular flexibility index (Phi) is 5.61.